The summed E-state index contributed by atoms with van der Waals surface area (Å²) in [5, 5.41) is 0. The summed E-state index contributed by atoms with van der Waals surface area (Å²) in [6.45, 7) is 4.59. The number of ketones is 1. The van der Waals surface area contributed by atoms with Gasteiger partial charge in [-0.25, -0.2) is 0 Å². The van der Waals surface area contributed by atoms with Crippen molar-refractivity contribution in [2.45, 2.75) is 20.1 Å². The minimum Gasteiger partial charge on any atom is -0.383 e. The summed E-state index contributed by atoms with van der Waals surface area (Å²) in [6.07, 6.45) is 2.37. The lowest BCUT2D eigenvalue weighted by Gasteiger charge is -2.13. The monoisotopic (exact) mass is 201 g/mol. The molecule has 0 aromatic rings. The standard InChI is InChI=1S/C10H19NO3/c1-5-13-10(14-6-2)9(12)7-8-11(3)4/h7-8,10H,5-6H2,1-4H3/b8-7+. The molecule has 0 aromatic carbocycles. The highest BCUT2D eigenvalue weighted by atomic mass is 16.7. The van der Waals surface area contributed by atoms with Gasteiger partial charge in [-0.1, -0.05) is 0 Å². The predicted molar refractivity (Wildman–Crippen MR) is 54.9 cm³/mol. The van der Waals surface area contributed by atoms with Crippen molar-refractivity contribution in [3.05, 3.63) is 12.3 Å². The smallest absolute Gasteiger partial charge is 0.222 e. The fraction of sp³-hybridized carbons (Fsp3) is 0.700. The highest BCUT2D eigenvalue weighted by Crippen LogP contribution is 1.98. The molecule has 0 bridgehead atoms. The second-order valence-electron chi connectivity index (χ2n) is 2.92. The minimum atomic E-state index is -0.763. The number of hydrogen-bond donors (Lipinski definition) is 0. The van der Waals surface area contributed by atoms with Crippen molar-refractivity contribution in [3.63, 3.8) is 0 Å². The fourth-order valence-electron chi connectivity index (χ4n) is 0.816. The van der Waals surface area contributed by atoms with E-state index in [-0.39, 0.29) is 5.78 Å². The molecular formula is C10H19NO3. The molecule has 82 valence electrons. The van der Waals surface area contributed by atoms with Crippen molar-refractivity contribution in [1.29, 1.82) is 0 Å². The van der Waals surface area contributed by atoms with Crippen molar-refractivity contribution in [2.75, 3.05) is 27.3 Å². The summed E-state index contributed by atoms with van der Waals surface area (Å²) in [6, 6.07) is 0. The van der Waals surface area contributed by atoms with Gasteiger partial charge in [0.25, 0.3) is 0 Å². The summed E-state index contributed by atoms with van der Waals surface area (Å²) in [5.41, 5.74) is 0. The lowest BCUT2D eigenvalue weighted by molar-refractivity contribution is -0.162. The highest BCUT2D eigenvalue weighted by molar-refractivity contribution is 5.92. The Hall–Kier alpha value is -0.870. The maximum atomic E-state index is 11.5. The molecule has 0 radical (unpaired) electrons. The third-order valence-corrected chi connectivity index (χ3v) is 1.41. The molecule has 0 saturated heterocycles. The second-order valence-corrected chi connectivity index (χ2v) is 2.92. The Morgan fingerprint density at radius 1 is 1.29 bits per heavy atom. The Morgan fingerprint density at radius 2 is 1.79 bits per heavy atom. The molecule has 0 saturated carbocycles. The van der Waals surface area contributed by atoms with Gasteiger partial charge in [-0.05, 0) is 13.8 Å². The molecule has 0 unspecified atom stereocenters. The van der Waals surface area contributed by atoms with Crippen LogP contribution in [0.2, 0.25) is 0 Å². The Labute approximate surface area is 85.5 Å². The van der Waals surface area contributed by atoms with E-state index in [2.05, 4.69) is 0 Å². The van der Waals surface area contributed by atoms with E-state index in [1.807, 2.05) is 27.9 Å². The van der Waals surface area contributed by atoms with Crippen LogP contribution in [-0.4, -0.2) is 44.3 Å². The van der Waals surface area contributed by atoms with Gasteiger partial charge >= 0.3 is 0 Å². The van der Waals surface area contributed by atoms with Gasteiger partial charge in [0.2, 0.25) is 12.1 Å². The molecular weight excluding hydrogens is 182 g/mol. The van der Waals surface area contributed by atoms with Crippen molar-refractivity contribution >= 4 is 5.78 Å². The van der Waals surface area contributed by atoms with Gasteiger partial charge in [0.1, 0.15) is 0 Å². The normalized spacial score (nSPS) is 11.2. The second kappa shape index (κ2) is 7.53. The summed E-state index contributed by atoms with van der Waals surface area (Å²) in [4.78, 5) is 13.2. The van der Waals surface area contributed by atoms with Crippen LogP contribution in [0, 0.1) is 0 Å². The Kier molecular flexibility index (Phi) is 7.06. The maximum Gasteiger partial charge on any atom is 0.222 e. The SMILES string of the molecule is CCOC(OCC)C(=O)/C=C/N(C)C. The molecule has 0 amide bonds. The first-order valence-corrected chi connectivity index (χ1v) is 4.73. The maximum absolute atomic E-state index is 11.5. The van der Waals surface area contributed by atoms with E-state index in [9.17, 15) is 4.79 Å². The van der Waals surface area contributed by atoms with Gasteiger partial charge in [-0.2, -0.15) is 0 Å². The van der Waals surface area contributed by atoms with E-state index in [0.717, 1.165) is 0 Å². The van der Waals surface area contributed by atoms with Crippen LogP contribution >= 0.6 is 0 Å². The van der Waals surface area contributed by atoms with Crippen LogP contribution in [0.1, 0.15) is 13.8 Å². The molecule has 4 heteroatoms. The molecule has 4 nitrogen and oxygen atoms in total. The first-order valence-electron chi connectivity index (χ1n) is 4.73. The summed E-state index contributed by atoms with van der Waals surface area (Å²) in [7, 11) is 3.69. The number of carbonyl (C=O) groups excluding carboxylic acids is 1. The van der Waals surface area contributed by atoms with E-state index in [4.69, 9.17) is 9.47 Å². The Morgan fingerprint density at radius 3 is 2.14 bits per heavy atom. The number of ether oxygens (including phenoxy) is 2. The highest BCUT2D eigenvalue weighted by Gasteiger charge is 2.15. The summed E-state index contributed by atoms with van der Waals surface area (Å²) in [5.74, 6) is -0.164. The average molecular weight is 201 g/mol. The van der Waals surface area contributed by atoms with Crippen molar-refractivity contribution in [1.82, 2.24) is 4.90 Å². The van der Waals surface area contributed by atoms with E-state index in [1.54, 1.807) is 11.1 Å². The van der Waals surface area contributed by atoms with Crippen LogP contribution in [0.5, 0.6) is 0 Å². The molecule has 0 N–H and O–H groups in total. The van der Waals surface area contributed by atoms with Crippen molar-refractivity contribution < 1.29 is 14.3 Å². The lowest BCUT2D eigenvalue weighted by atomic mass is 10.3. The quantitative estimate of drug-likeness (QED) is 0.455. The molecule has 0 heterocycles. The molecule has 0 fully saturated rings. The largest absolute Gasteiger partial charge is 0.383 e. The van der Waals surface area contributed by atoms with Crippen LogP contribution in [0.25, 0.3) is 0 Å². The fourth-order valence-corrected chi connectivity index (χ4v) is 0.816. The van der Waals surface area contributed by atoms with Crippen LogP contribution < -0.4 is 0 Å². The van der Waals surface area contributed by atoms with Gasteiger partial charge in [0.15, 0.2) is 0 Å². The van der Waals surface area contributed by atoms with E-state index in [0.29, 0.717) is 13.2 Å². The zero-order valence-electron chi connectivity index (χ0n) is 9.32. The van der Waals surface area contributed by atoms with Crippen LogP contribution in [0.3, 0.4) is 0 Å². The number of hydrogen-bond acceptors (Lipinski definition) is 4. The average Bonchev–Trinajstić information content (AvgIpc) is 2.14. The first kappa shape index (κ1) is 13.1. The van der Waals surface area contributed by atoms with Gasteiger partial charge in [-0.3, -0.25) is 4.79 Å². The lowest BCUT2D eigenvalue weighted by Crippen LogP contribution is -2.26. The Bertz CT molecular complexity index is 184. The van der Waals surface area contributed by atoms with Gasteiger partial charge in [-0.15, -0.1) is 0 Å². The molecule has 0 rings (SSSR count). The van der Waals surface area contributed by atoms with Crippen molar-refractivity contribution in [2.24, 2.45) is 0 Å². The predicted octanol–water partition coefficient (Wildman–Crippen LogP) is 1.03. The molecule has 0 aliphatic rings. The number of nitrogens with zero attached hydrogens (tertiary/aromatic N) is 1. The number of rotatable bonds is 7. The topological polar surface area (TPSA) is 38.8 Å². The van der Waals surface area contributed by atoms with E-state index >= 15 is 0 Å². The molecule has 0 spiro atoms. The first-order chi connectivity index (χ1) is 6.61. The van der Waals surface area contributed by atoms with Crippen LogP contribution in [-0.2, 0) is 14.3 Å². The molecule has 0 aliphatic heterocycles. The minimum absolute atomic E-state index is 0.164. The van der Waals surface area contributed by atoms with E-state index in [1.165, 1.54) is 6.08 Å². The number of carbonyl (C=O) groups is 1. The Balaban J connectivity index is 4.13. The van der Waals surface area contributed by atoms with Gasteiger partial charge < -0.3 is 14.4 Å². The van der Waals surface area contributed by atoms with Gasteiger partial charge in [0, 0.05) is 39.6 Å². The van der Waals surface area contributed by atoms with Crippen LogP contribution in [0.4, 0.5) is 0 Å². The third kappa shape index (κ3) is 5.72. The van der Waals surface area contributed by atoms with Crippen LogP contribution in [0.15, 0.2) is 12.3 Å². The third-order valence-electron chi connectivity index (χ3n) is 1.41. The van der Waals surface area contributed by atoms with Gasteiger partial charge in [0.05, 0.1) is 0 Å². The summed E-state index contributed by atoms with van der Waals surface area (Å²) >= 11 is 0. The summed E-state index contributed by atoms with van der Waals surface area (Å²) < 4.78 is 10.3. The molecule has 14 heavy (non-hydrogen) atoms. The van der Waals surface area contributed by atoms with E-state index < -0.39 is 6.29 Å². The zero-order chi connectivity index (χ0) is 11.0. The van der Waals surface area contributed by atoms with Crippen molar-refractivity contribution in [3.8, 4) is 0 Å². The molecule has 0 atom stereocenters. The molecule has 0 aromatic heterocycles. The zero-order valence-corrected chi connectivity index (χ0v) is 9.32. The molecule has 0 aliphatic carbocycles.